The van der Waals surface area contributed by atoms with Crippen molar-refractivity contribution in [1.82, 2.24) is 4.31 Å². The van der Waals surface area contributed by atoms with E-state index in [4.69, 9.17) is 22.6 Å². The van der Waals surface area contributed by atoms with Gasteiger partial charge in [0.1, 0.15) is 10.9 Å². The van der Waals surface area contributed by atoms with Crippen molar-refractivity contribution in [3.05, 3.63) is 59.1 Å². The lowest BCUT2D eigenvalue weighted by molar-refractivity contribution is 0.0668. The number of aliphatic hydroxyl groups is 1. The van der Waals surface area contributed by atoms with E-state index in [0.29, 0.717) is 10.6 Å². The highest BCUT2D eigenvalue weighted by atomic mass is 35.5. The number of β-amino-alcohol motifs (C(OH)–C–C–N with tert-alkyl or cyclic N) is 1. The van der Waals surface area contributed by atoms with E-state index in [-0.39, 0.29) is 29.4 Å². The van der Waals surface area contributed by atoms with Gasteiger partial charge < -0.3 is 10.8 Å². The van der Waals surface area contributed by atoms with Gasteiger partial charge in [0.25, 0.3) is 0 Å². The predicted octanol–water partition coefficient (Wildman–Crippen LogP) is 2.08. The Labute approximate surface area is 175 Å². The number of nitriles is 1. The quantitative estimate of drug-likeness (QED) is 0.533. The fourth-order valence-corrected chi connectivity index (χ4v) is 7.00. The monoisotopic (exact) mass is 457 g/mol. The summed E-state index contributed by atoms with van der Waals surface area (Å²) in [4.78, 5) is 0.0656. The van der Waals surface area contributed by atoms with Gasteiger partial charge in [-0.2, -0.15) is 9.57 Å². The predicted molar refractivity (Wildman–Crippen MR) is 110 cm³/mol. The van der Waals surface area contributed by atoms with Crippen molar-refractivity contribution in [2.45, 2.75) is 20.6 Å². The molecule has 8 nitrogen and oxygen atoms in total. The molecule has 2 atom stereocenters. The maximum absolute atomic E-state index is 13.1. The van der Waals surface area contributed by atoms with Crippen LogP contribution in [-0.2, 0) is 9.84 Å². The van der Waals surface area contributed by atoms with Crippen LogP contribution in [0, 0.1) is 11.3 Å². The Bertz CT molecular complexity index is 1040. The summed E-state index contributed by atoms with van der Waals surface area (Å²) in [7, 11) is -7.65. The molecule has 156 valence electrons. The van der Waals surface area contributed by atoms with Gasteiger partial charge in [0.15, 0.2) is 9.84 Å². The first-order valence-electron chi connectivity index (χ1n) is 8.50. The van der Waals surface area contributed by atoms with Gasteiger partial charge in [-0.05, 0) is 48.5 Å². The van der Waals surface area contributed by atoms with E-state index in [1.165, 1.54) is 48.5 Å². The molecule has 0 amide bonds. The largest absolute Gasteiger partial charge is 0.386 e. The van der Waals surface area contributed by atoms with Gasteiger partial charge in [0.2, 0.25) is 0 Å². The topological polar surface area (TPSA) is 148 Å². The molecule has 0 saturated carbocycles. The molecule has 1 unspecified atom stereocenters. The van der Waals surface area contributed by atoms with Crippen molar-refractivity contribution >= 4 is 32.2 Å². The first-order chi connectivity index (χ1) is 13.5. The number of benzene rings is 2. The Kier molecular flexibility index (Phi) is 5.97. The Hall–Kier alpha value is -1.68. The maximum Gasteiger partial charge on any atom is 0.185 e. The van der Waals surface area contributed by atoms with Gasteiger partial charge in [0, 0.05) is 24.7 Å². The molecule has 29 heavy (non-hydrogen) atoms. The average Bonchev–Trinajstić information content (AvgIpc) is 3.08. The van der Waals surface area contributed by atoms with Crippen LogP contribution < -0.4 is 5.73 Å². The van der Waals surface area contributed by atoms with Gasteiger partial charge in [-0.3, -0.25) is 9.11 Å². The molecule has 0 spiro atoms. The summed E-state index contributed by atoms with van der Waals surface area (Å²) < 4.78 is 49.0. The standard InChI is InChI=1S/C18H20ClN3O5S2/c19-14-3-7-15(8-4-14)28(24,25)17-10-22(12-18(17,23)11-21)29(26,27)16-5-1-13(9-20)2-6-16/h1-8,17,23,26-27H,10-12,21H2/t17?,18-/m0/s1. The molecule has 0 aromatic heterocycles. The van der Waals surface area contributed by atoms with Crippen molar-refractivity contribution in [2.75, 3.05) is 19.6 Å². The number of halogens is 1. The molecule has 0 bridgehead atoms. The van der Waals surface area contributed by atoms with E-state index >= 15 is 0 Å². The Morgan fingerprint density at radius 1 is 1.14 bits per heavy atom. The lowest BCUT2D eigenvalue weighted by Gasteiger charge is -2.41. The van der Waals surface area contributed by atoms with Crippen LogP contribution in [0.15, 0.2) is 58.3 Å². The summed E-state index contributed by atoms with van der Waals surface area (Å²) in [6, 6.07) is 13.1. The molecular formula is C18H20ClN3O5S2. The van der Waals surface area contributed by atoms with Crippen molar-refractivity contribution in [1.29, 1.82) is 5.26 Å². The molecule has 5 N–H and O–H groups in total. The van der Waals surface area contributed by atoms with Crippen LogP contribution in [0.5, 0.6) is 0 Å². The molecular weight excluding hydrogens is 438 g/mol. The van der Waals surface area contributed by atoms with Gasteiger partial charge in [-0.15, -0.1) is 10.8 Å². The molecule has 1 fully saturated rings. The first-order valence-corrected chi connectivity index (χ1v) is 11.9. The smallest absolute Gasteiger partial charge is 0.185 e. The Balaban J connectivity index is 1.96. The second-order valence-corrected chi connectivity index (χ2v) is 11.4. The summed E-state index contributed by atoms with van der Waals surface area (Å²) in [5.41, 5.74) is 4.15. The van der Waals surface area contributed by atoms with Gasteiger partial charge in [-0.25, -0.2) is 8.42 Å². The lowest BCUT2D eigenvalue weighted by Crippen LogP contribution is -2.51. The minimum atomic E-state index is -4.04. The first kappa shape index (κ1) is 22.0. The van der Waals surface area contributed by atoms with Crippen LogP contribution in [0.2, 0.25) is 5.02 Å². The highest BCUT2D eigenvalue weighted by molar-refractivity contribution is 8.22. The van der Waals surface area contributed by atoms with Crippen molar-refractivity contribution in [3.8, 4) is 6.07 Å². The molecule has 1 saturated heterocycles. The van der Waals surface area contributed by atoms with E-state index < -0.39 is 31.5 Å². The van der Waals surface area contributed by atoms with Crippen molar-refractivity contribution in [3.63, 3.8) is 0 Å². The van der Waals surface area contributed by atoms with Crippen molar-refractivity contribution < 1.29 is 22.6 Å². The highest BCUT2D eigenvalue weighted by Gasteiger charge is 2.54. The number of rotatable bonds is 5. The average molecular weight is 458 g/mol. The van der Waals surface area contributed by atoms with Gasteiger partial charge in [-0.1, -0.05) is 11.6 Å². The van der Waals surface area contributed by atoms with Crippen LogP contribution >= 0.6 is 22.4 Å². The number of nitrogens with two attached hydrogens (primary N) is 1. The maximum atomic E-state index is 13.1. The summed E-state index contributed by atoms with van der Waals surface area (Å²) in [6.45, 7) is -1.06. The minimum absolute atomic E-state index is 0.0459. The fraction of sp³-hybridized carbons (Fsp3) is 0.278. The molecule has 1 heterocycles. The SMILES string of the molecule is N#Cc1ccc(S(O)(O)N2CC(S(=O)(=O)c3ccc(Cl)cc3)[C@](O)(CN)C2)cc1. The Morgan fingerprint density at radius 3 is 2.21 bits per heavy atom. The third-order valence-electron chi connectivity index (χ3n) is 4.95. The molecule has 0 aliphatic carbocycles. The zero-order valence-corrected chi connectivity index (χ0v) is 17.5. The van der Waals surface area contributed by atoms with Crippen molar-refractivity contribution in [2.24, 2.45) is 5.73 Å². The molecule has 11 heteroatoms. The summed E-state index contributed by atoms with van der Waals surface area (Å²) in [5.74, 6) is 0. The molecule has 3 rings (SSSR count). The highest BCUT2D eigenvalue weighted by Crippen LogP contribution is 2.54. The zero-order chi connectivity index (χ0) is 21.4. The summed E-state index contributed by atoms with van der Waals surface area (Å²) >= 11 is 5.82. The summed E-state index contributed by atoms with van der Waals surface area (Å²) in [5, 5.41) is 18.8. The Morgan fingerprint density at radius 2 is 1.69 bits per heavy atom. The molecule has 2 aromatic carbocycles. The number of nitrogens with zero attached hydrogens (tertiary/aromatic N) is 2. The van der Waals surface area contributed by atoms with E-state index in [1.807, 2.05) is 6.07 Å². The van der Waals surface area contributed by atoms with Crippen LogP contribution in [-0.4, -0.2) is 57.4 Å². The number of hydrogen-bond donors (Lipinski definition) is 4. The lowest BCUT2D eigenvalue weighted by atomic mass is 10.0. The number of sulfone groups is 1. The van der Waals surface area contributed by atoms with E-state index in [9.17, 15) is 22.6 Å². The number of hydrogen-bond acceptors (Lipinski definition) is 8. The van der Waals surface area contributed by atoms with Gasteiger partial charge >= 0.3 is 0 Å². The second-order valence-electron chi connectivity index (χ2n) is 6.77. The third-order valence-corrected chi connectivity index (χ3v) is 9.37. The second kappa shape index (κ2) is 7.86. The minimum Gasteiger partial charge on any atom is -0.386 e. The molecule has 2 aromatic rings. The third kappa shape index (κ3) is 4.01. The normalized spacial score (nSPS) is 23.7. The van der Waals surface area contributed by atoms with E-state index in [2.05, 4.69) is 0 Å². The van der Waals surface area contributed by atoms with E-state index in [0.717, 1.165) is 4.31 Å². The van der Waals surface area contributed by atoms with Gasteiger partial charge in [0.05, 0.1) is 21.4 Å². The van der Waals surface area contributed by atoms with E-state index in [1.54, 1.807) is 0 Å². The van der Waals surface area contributed by atoms with Crippen LogP contribution in [0.4, 0.5) is 0 Å². The van der Waals surface area contributed by atoms with Crippen LogP contribution in [0.25, 0.3) is 0 Å². The molecule has 1 aliphatic rings. The summed E-state index contributed by atoms with van der Waals surface area (Å²) in [6.07, 6.45) is 0. The van der Waals surface area contributed by atoms with Crippen LogP contribution in [0.3, 0.4) is 0 Å². The van der Waals surface area contributed by atoms with Crippen LogP contribution in [0.1, 0.15) is 5.56 Å². The molecule has 1 aliphatic heterocycles. The molecule has 0 radical (unpaired) electrons. The fourth-order valence-electron chi connectivity index (χ4n) is 3.25. The zero-order valence-electron chi connectivity index (χ0n) is 15.1.